The summed E-state index contributed by atoms with van der Waals surface area (Å²) in [4.78, 5) is 27.9. The summed E-state index contributed by atoms with van der Waals surface area (Å²) >= 11 is 1.68. The Labute approximate surface area is 222 Å². The number of piperidine rings is 3. The number of hydrogen-bond acceptors (Lipinski definition) is 4. The molecule has 4 aliphatic rings. The number of ether oxygens (including phenoxy) is 1. The number of halogens is 2. The molecule has 2 aromatic rings. The largest absolute Gasteiger partial charge is 1.00 e. The number of rotatable bonds is 7. The minimum absolute atomic E-state index is 0. The Kier molecular flexibility index (Phi) is 8.49. The van der Waals surface area contributed by atoms with Crippen molar-refractivity contribution in [2.75, 3.05) is 26.2 Å². The zero-order valence-electron chi connectivity index (χ0n) is 20.2. The third-order valence-corrected chi connectivity index (χ3v) is 9.52. The number of carbonyl (C=O) groups excluding carboxylic acids is 2. The Morgan fingerprint density at radius 1 is 1.06 bits per heavy atom. The number of ketones is 1. The van der Waals surface area contributed by atoms with Gasteiger partial charge in [0.2, 0.25) is 0 Å². The highest BCUT2D eigenvalue weighted by Gasteiger charge is 2.51. The summed E-state index contributed by atoms with van der Waals surface area (Å²) in [6.07, 6.45) is 8.37. The quantitative estimate of drug-likeness (QED) is 0.295. The lowest BCUT2D eigenvalue weighted by Gasteiger charge is -2.52. The van der Waals surface area contributed by atoms with Crippen molar-refractivity contribution in [3.63, 3.8) is 0 Å². The zero-order chi connectivity index (χ0) is 23.6. The van der Waals surface area contributed by atoms with Gasteiger partial charge in [0.1, 0.15) is 24.3 Å². The minimum Gasteiger partial charge on any atom is -1.00 e. The molecule has 0 radical (unpaired) electrons. The fourth-order valence-electron chi connectivity index (χ4n) is 6.57. The summed E-state index contributed by atoms with van der Waals surface area (Å²) in [6, 6.07) is 10.5. The van der Waals surface area contributed by atoms with Crippen LogP contribution in [-0.2, 0) is 26.2 Å². The third-order valence-electron chi connectivity index (χ3n) is 8.44. The van der Waals surface area contributed by atoms with E-state index in [1.54, 1.807) is 17.4 Å². The molecule has 190 valence electrons. The molecule has 1 aromatic heterocycles. The Hall–Kier alpha value is -1.57. The van der Waals surface area contributed by atoms with Crippen LogP contribution in [0.1, 0.15) is 61.8 Å². The maximum Gasteiger partial charge on any atom is 0.317 e. The molecule has 4 fully saturated rings. The van der Waals surface area contributed by atoms with E-state index in [0.717, 1.165) is 68.6 Å². The van der Waals surface area contributed by atoms with E-state index < -0.39 is 5.41 Å². The molecule has 3 saturated heterocycles. The molecule has 3 aliphatic heterocycles. The number of esters is 1. The van der Waals surface area contributed by atoms with Crippen molar-refractivity contribution < 1.29 is 40.2 Å². The van der Waals surface area contributed by atoms with Crippen LogP contribution >= 0.6 is 11.3 Å². The molecule has 4 nitrogen and oxygen atoms in total. The van der Waals surface area contributed by atoms with E-state index in [2.05, 4.69) is 11.4 Å². The molecule has 1 aliphatic carbocycles. The molecule has 1 atom stereocenters. The Bertz CT molecular complexity index is 1010. The molecule has 0 unspecified atom stereocenters. The second kappa shape index (κ2) is 11.2. The van der Waals surface area contributed by atoms with Crippen molar-refractivity contribution >= 4 is 23.1 Å². The van der Waals surface area contributed by atoms with Gasteiger partial charge in [-0.25, -0.2) is 4.39 Å². The van der Waals surface area contributed by atoms with Gasteiger partial charge in [-0.2, -0.15) is 0 Å². The van der Waals surface area contributed by atoms with Crippen molar-refractivity contribution in [1.82, 2.24) is 0 Å². The number of thiophene rings is 1. The highest BCUT2D eigenvalue weighted by Crippen LogP contribution is 2.43. The number of Topliss-reactive ketones (excluding diaryl/α,β-unsaturated/α-hetero) is 1. The van der Waals surface area contributed by atoms with Gasteiger partial charge in [0.05, 0.1) is 13.1 Å². The van der Waals surface area contributed by atoms with Gasteiger partial charge in [-0.15, -0.1) is 11.3 Å². The summed E-state index contributed by atoms with van der Waals surface area (Å²) in [5.41, 5.74) is 0.221. The summed E-state index contributed by atoms with van der Waals surface area (Å²) in [5, 5.41) is 2.06. The smallest absolute Gasteiger partial charge is 0.317 e. The molecule has 1 aromatic carbocycles. The van der Waals surface area contributed by atoms with Crippen LogP contribution in [0.4, 0.5) is 4.39 Å². The number of nitrogens with zero attached hydrogens (tertiary/aromatic N) is 1. The van der Waals surface area contributed by atoms with E-state index in [1.165, 1.54) is 25.0 Å². The Balaban J connectivity index is 0.00000289. The predicted octanol–water partition coefficient (Wildman–Crippen LogP) is 2.45. The molecule has 7 heteroatoms. The first-order valence-electron chi connectivity index (χ1n) is 12.8. The summed E-state index contributed by atoms with van der Waals surface area (Å²) in [5.74, 6) is 0.185. The molecule has 0 spiro atoms. The van der Waals surface area contributed by atoms with E-state index in [0.29, 0.717) is 16.9 Å². The minimum atomic E-state index is -0.505. The second-order valence-electron chi connectivity index (χ2n) is 10.7. The number of fused-ring (bicyclic) bond motifs is 3. The highest BCUT2D eigenvalue weighted by atomic mass is 79.9. The van der Waals surface area contributed by atoms with E-state index in [-0.39, 0.29) is 47.1 Å². The van der Waals surface area contributed by atoms with E-state index in [1.807, 2.05) is 12.1 Å². The van der Waals surface area contributed by atoms with Crippen LogP contribution in [0.2, 0.25) is 0 Å². The molecular formula is C28H35BrFNO3S. The van der Waals surface area contributed by atoms with Gasteiger partial charge in [-0.3, -0.25) is 9.59 Å². The average molecular weight is 565 g/mol. The summed E-state index contributed by atoms with van der Waals surface area (Å²) in [7, 11) is 0. The molecule has 1 saturated carbocycles. The third kappa shape index (κ3) is 5.72. The van der Waals surface area contributed by atoms with Gasteiger partial charge in [-0.05, 0) is 42.0 Å². The number of carbonyl (C=O) groups is 2. The molecule has 35 heavy (non-hydrogen) atoms. The van der Waals surface area contributed by atoms with Gasteiger partial charge in [0.15, 0.2) is 11.9 Å². The summed E-state index contributed by atoms with van der Waals surface area (Å²) < 4.78 is 20.6. The van der Waals surface area contributed by atoms with E-state index in [4.69, 9.17) is 4.74 Å². The topological polar surface area (TPSA) is 43.4 Å². The van der Waals surface area contributed by atoms with Crippen LogP contribution in [0, 0.1) is 11.7 Å². The Morgan fingerprint density at radius 2 is 1.80 bits per heavy atom. The van der Waals surface area contributed by atoms with Crippen LogP contribution in [-0.4, -0.2) is 48.5 Å². The van der Waals surface area contributed by atoms with Gasteiger partial charge >= 0.3 is 5.97 Å². The van der Waals surface area contributed by atoms with Gasteiger partial charge < -0.3 is 26.2 Å². The lowest BCUT2D eigenvalue weighted by molar-refractivity contribution is -0.939. The fourth-order valence-corrected chi connectivity index (χ4v) is 7.54. The van der Waals surface area contributed by atoms with Gasteiger partial charge in [0.25, 0.3) is 0 Å². The van der Waals surface area contributed by atoms with Crippen molar-refractivity contribution in [2.45, 2.75) is 69.3 Å². The lowest BCUT2D eigenvalue weighted by Crippen LogP contribution is -3.00. The standard InChI is InChI=1S/C28H35FNO3S.BrH/c29-23-8-5-7-21(17-23)18-24(31)19-30-14-10-22(11-15-30)25(20-30)33-27(32)28(26-9-6-16-34-26)12-3-1-2-4-13-28;/h5-9,16-17,22,25H,1-4,10-15,18-20H2;1H/q+1;/p-1/t22?,25-,30?;/m0./s1. The maximum absolute atomic E-state index is 13.8. The summed E-state index contributed by atoms with van der Waals surface area (Å²) in [6.45, 7) is 3.09. The van der Waals surface area contributed by atoms with Crippen LogP contribution < -0.4 is 17.0 Å². The fraction of sp³-hybridized carbons (Fsp3) is 0.571. The number of quaternary nitrogens is 1. The molecule has 4 heterocycles. The maximum atomic E-state index is 13.8. The molecule has 2 bridgehead atoms. The van der Waals surface area contributed by atoms with Crippen molar-refractivity contribution in [3.8, 4) is 0 Å². The lowest BCUT2D eigenvalue weighted by atomic mass is 9.78. The number of hydrogen-bond donors (Lipinski definition) is 0. The normalized spacial score (nSPS) is 27.5. The molecule has 0 N–H and O–H groups in total. The van der Waals surface area contributed by atoms with Crippen molar-refractivity contribution in [1.29, 1.82) is 0 Å². The second-order valence-corrected chi connectivity index (χ2v) is 11.7. The molecule has 0 amide bonds. The average Bonchev–Trinajstić information content (AvgIpc) is 3.24. The molecule has 6 rings (SSSR count). The van der Waals surface area contributed by atoms with Crippen LogP contribution in [0.25, 0.3) is 0 Å². The van der Waals surface area contributed by atoms with Crippen LogP contribution in [0.5, 0.6) is 0 Å². The van der Waals surface area contributed by atoms with E-state index in [9.17, 15) is 14.0 Å². The molecular weight excluding hydrogens is 529 g/mol. The van der Waals surface area contributed by atoms with Crippen molar-refractivity contribution in [3.05, 3.63) is 58.0 Å². The van der Waals surface area contributed by atoms with Crippen LogP contribution in [0.15, 0.2) is 41.8 Å². The zero-order valence-corrected chi connectivity index (χ0v) is 22.6. The van der Waals surface area contributed by atoms with Gasteiger partial charge in [0, 0.05) is 30.1 Å². The Morgan fingerprint density at radius 3 is 2.46 bits per heavy atom. The van der Waals surface area contributed by atoms with E-state index >= 15 is 0 Å². The van der Waals surface area contributed by atoms with Crippen molar-refractivity contribution in [2.24, 2.45) is 5.92 Å². The van der Waals surface area contributed by atoms with Gasteiger partial charge in [-0.1, -0.05) is 43.9 Å². The predicted molar refractivity (Wildman–Crippen MR) is 131 cm³/mol. The first-order valence-corrected chi connectivity index (χ1v) is 13.7. The SMILES string of the molecule is O=C(Cc1cccc(F)c1)C[N+]12CCC(CC1)[C@@H](OC(=O)C1(c3cccs3)CCCCCC1)C2.[Br-]. The monoisotopic (exact) mass is 563 g/mol. The first-order chi connectivity index (χ1) is 16.5. The first kappa shape index (κ1) is 26.5. The van der Waals surface area contributed by atoms with Crippen LogP contribution in [0.3, 0.4) is 0 Å². The highest BCUT2D eigenvalue weighted by molar-refractivity contribution is 7.10. The number of benzene rings is 1.